The third-order valence-corrected chi connectivity index (χ3v) is 5.24. The molecule has 9 heteroatoms. The Kier molecular flexibility index (Phi) is 5.50. The van der Waals surface area contributed by atoms with Crippen LogP contribution in [-0.4, -0.2) is 22.0 Å². The van der Waals surface area contributed by atoms with Gasteiger partial charge in [-0.25, -0.2) is 0 Å². The lowest BCUT2D eigenvalue weighted by Gasteiger charge is -2.18. The molecular formula is C22H19F3N4O2. The number of hydrogen-bond donors (Lipinski definition) is 3. The normalized spacial score (nSPS) is 18.8. The first-order valence-corrected chi connectivity index (χ1v) is 9.65. The van der Waals surface area contributed by atoms with Crippen LogP contribution in [0.25, 0.3) is 0 Å². The average Bonchev–Trinajstić information content (AvgIpc) is 3.40. The van der Waals surface area contributed by atoms with Crippen molar-refractivity contribution < 1.29 is 22.8 Å². The van der Waals surface area contributed by atoms with E-state index in [0.717, 1.165) is 12.1 Å². The Balaban J connectivity index is 1.45. The molecule has 0 aliphatic heterocycles. The summed E-state index contributed by atoms with van der Waals surface area (Å²) in [7, 11) is 0. The molecule has 1 aliphatic rings. The van der Waals surface area contributed by atoms with Gasteiger partial charge in [0.15, 0.2) is 0 Å². The van der Waals surface area contributed by atoms with E-state index in [1.807, 2.05) is 0 Å². The molecule has 2 amide bonds. The predicted octanol–water partition coefficient (Wildman–Crippen LogP) is 4.03. The van der Waals surface area contributed by atoms with Crippen molar-refractivity contribution in [3.63, 3.8) is 0 Å². The van der Waals surface area contributed by atoms with Crippen molar-refractivity contribution in [2.24, 2.45) is 5.92 Å². The topological polar surface area (TPSA) is 86.9 Å². The summed E-state index contributed by atoms with van der Waals surface area (Å²) < 4.78 is 38.2. The van der Waals surface area contributed by atoms with Crippen LogP contribution in [-0.2, 0) is 15.8 Å². The number of H-pyrrole nitrogens is 1. The van der Waals surface area contributed by atoms with Crippen molar-refractivity contribution in [1.29, 1.82) is 0 Å². The zero-order chi connectivity index (χ0) is 22.0. The molecule has 1 aliphatic carbocycles. The van der Waals surface area contributed by atoms with Crippen molar-refractivity contribution >= 4 is 17.5 Å². The molecule has 3 atom stereocenters. The monoisotopic (exact) mass is 428 g/mol. The molecule has 0 bridgehead atoms. The predicted molar refractivity (Wildman–Crippen MR) is 107 cm³/mol. The van der Waals surface area contributed by atoms with Gasteiger partial charge in [0.2, 0.25) is 5.91 Å². The SMILES string of the molecule is O=C(Nc1cn[nH]c1)C(NC(=O)C1CC1c1ccc(C(F)(F)F)cc1)c1ccccc1. The average molecular weight is 428 g/mol. The molecule has 2 aromatic carbocycles. The maximum absolute atomic E-state index is 12.8. The lowest BCUT2D eigenvalue weighted by atomic mass is 10.0. The van der Waals surface area contributed by atoms with Gasteiger partial charge in [0, 0.05) is 12.1 Å². The molecule has 1 saturated carbocycles. The molecular weight excluding hydrogens is 409 g/mol. The first-order chi connectivity index (χ1) is 14.8. The quantitative estimate of drug-likeness (QED) is 0.554. The maximum atomic E-state index is 12.8. The number of halogens is 3. The second-order valence-electron chi connectivity index (χ2n) is 7.40. The summed E-state index contributed by atoms with van der Waals surface area (Å²) in [6.07, 6.45) is -0.918. The van der Waals surface area contributed by atoms with Crippen molar-refractivity contribution in [3.05, 3.63) is 83.7 Å². The Morgan fingerprint density at radius 2 is 1.77 bits per heavy atom. The number of benzene rings is 2. The summed E-state index contributed by atoms with van der Waals surface area (Å²) in [5.41, 5.74) is 1.03. The van der Waals surface area contributed by atoms with Gasteiger partial charge in [-0.05, 0) is 35.6 Å². The Morgan fingerprint density at radius 3 is 2.39 bits per heavy atom. The second-order valence-corrected chi connectivity index (χ2v) is 7.40. The number of hydrogen-bond acceptors (Lipinski definition) is 3. The van der Waals surface area contributed by atoms with Crippen LogP contribution >= 0.6 is 0 Å². The third-order valence-electron chi connectivity index (χ3n) is 5.24. The highest BCUT2D eigenvalue weighted by Crippen LogP contribution is 2.48. The van der Waals surface area contributed by atoms with Gasteiger partial charge in [-0.1, -0.05) is 42.5 Å². The summed E-state index contributed by atoms with van der Waals surface area (Å²) in [6.45, 7) is 0. The van der Waals surface area contributed by atoms with Gasteiger partial charge in [-0.15, -0.1) is 0 Å². The van der Waals surface area contributed by atoms with Gasteiger partial charge in [0.1, 0.15) is 6.04 Å². The highest BCUT2D eigenvalue weighted by Gasteiger charge is 2.45. The number of anilines is 1. The summed E-state index contributed by atoms with van der Waals surface area (Å²) in [4.78, 5) is 25.6. The van der Waals surface area contributed by atoms with E-state index in [1.54, 1.807) is 30.3 Å². The van der Waals surface area contributed by atoms with Crippen LogP contribution in [0.3, 0.4) is 0 Å². The molecule has 1 fully saturated rings. The lowest BCUT2D eigenvalue weighted by molar-refractivity contribution is -0.137. The largest absolute Gasteiger partial charge is 0.416 e. The zero-order valence-corrected chi connectivity index (χ0v) is 16.2. The molecule has 1 heterocycles. The number of alkyl halides is 3. The van der Waals surface area contributed by atoms with E-state index in [0.29, 0.717) is 23.2 Å². The molecule has 31 heavy (non-hydrogen) atoms. The second kappa shape index (κ2) is 8.25. The molecule has 0 spiro atoms. The Hall–Kier alpha value is -3.62. The van der Waals surface area contributed by atoms with Crippen LogP contribution in [0.5, 0.6) is 0 Å². The van der Waals surface area contributed by atoms with Crippen LogP contribution in [0.15, 0.2) is 67.0 Å². The minimum atomic E-state index is -4.40. The van der Waals surface area contributed by atoms with E-state index < -0.39 is 29.6 Å². The van der Waals surface area contributed by atoms with E-state index in [9.17, 15) is 22.8 Å². The summed E-state index contributed by atoms with van der Waals surface area (Å²) in [5.74, 6) is -1.31. The number of aromatic amines is 1. The first-order valence-electron chi connectivity index (χ1n) is 9.65. The fourth-order valence-electron chi connectivity index (χ4n) is 3.50. The first kappa shape index (κ1) is 20.6. The molecule has 3 unspecified atom stereocenters. The Bertz CT molecular complexity index is 1050. The number of carbonyl (C=O) groups excluding carboxylic acids is 2. The van der Waals surface area contributed by atoms with Crippen LogP contribution in [0.2, 0.25) is 0 Å². The lowest BCUT2D eigenvalue weighted by Crippen LogP contribution is -2.38. The van der Waals surface area contributed by atoms with Crippen molar-refractivity contribution in [2.45, 2.75) is 24.6 Å². The highest BCUT2D eigenvalue weighted by atomic mass is 19.4. The van der Waals surface area contributed by atoms with Crippen molar-refractivity contribution in [3.8, 4) is 0 Å². The minimum absolute atomic E-state index is 0.171. The highest BCUT2D eigenvalue weighted by molar-refractivity contribution is 5.98. The molecule has 4 rings (SSSR count). The van der Waals surface area contributed by atoms with E-state index in [-0.39, 0.29) is 11.8 Å². The number of nitrogens with zero attached hydrogens (tertiary/aromatic N) is 1. The van der Waals surface area contributed by atoms with Gasteiger partial charge < -0.3 is 10.6 Å². The fraction of sp³-hybridized carbons (Fsp3) is 0.227. The van der Waals surface area contributed by atoms with E-state index in [1.165, 1.54) is 24.5 Å². The molecule has 6 nitrogen and oxygen atoms in total. The van der Waals surface area contributed by atoms with Gasteiger partial charge in [-0.3, -0.25) is 14.7 Å². The number of amides is 2. The molecule has 160 valence electrons. The number of carbonyl (C=O) groups is 2. The third kappa shape index (κ3) is 4.76. The fourth-order valence-corrected chi connectivity index (χ4v) is 3.50. The van der Waals surface area contributed by atoms with Crippen LogP contribution in [0.1, 0.15) is 35.1 Å². The van der Waals surface area contributed by atoms with Gasteiger partial charge >= 0.3 is 6.18 Å². The van der Waals surface area contributed by atoms with Gasteiger partial charge in [0.05, 0.1) is 17.4 Å². The van der Waals surface area contributed by atoms with Crippen LogP contribution < -0.4 is 10.6 Å². The summed E-state index contributed by atoms with van der Waals surface area (Å²) in [5, 5.41) is 11.8. The molecule has 3 N–H and O–H groups in total. The van der Waals surface area contributed by atoms with Gasteiger partial charge in [-0.2, -0.15) is 18.3 Å². The zero-order valence-electron chi connectivity index (χ0n) is 16.2. The standard InChI is InChI=1S/C22H19F3N4O2/c23-22(24,25)15-8-6-13(7-9-15)17-10-18(17)20(30)29-19(14-4-2-1-3-5-14)21(31)28-16-11-26-27-12-16/h1-9,11-12,17-19H,10H2,(H,26,27)(H,28,31)(H,29,30). The van der Waals surface area contributed by atoms with Crippen LogP contribution in [0.4, 0.5) is 18.9 Å². The number of rotatable bonds is 6. The molecule has 0 saturated heterocycles. The molecule has 3 aromatic rings. The number of nitrogens with one attached hydrogen (secondary N) is 3. The summed E-state index contributed by atoms with van der Waals surface area (Å²) >= 11 is 0. The Labute approximate surface area is 175 Å². The molecule has 0 radical (unpaired) electrons. The van der Waals surface area contributed by atoms with Crippen LogP contribution in [0, 0.1) is 5.92 Å². The maximum Gasteiger partial charge on any atom is 0.416 e. The number of aromatic nitrogens is 2. The molecule has 1 aromatic heterocycles. The smallest absolute Gasteiger partial charge is 0.340 e. The van der Waals surface area contributed by atoms with E-state index in [2.05, 4.69) is 20.8 Å². The van der Waals surface area contributed by atoms with E-state index in [4.69, 9.17) is 0 Å². The van der Waals surface area contributed by atoms with Gasteiger partial charge in [0.25, 0.3) is 5.91 Å². The minimum Gasteiger partial charge on any atom is -0.340 e. The van der Waals surface area contributed by atoms with Crippen molar-refractivity contribution in [1.82, 2.24) is 15.5 Å². The summed E-state index contributed by atoms with van der Waals surface area (Å²) in [6, 6.07) is 12.7. The van der Waals surface area contributed by atoms with E-state index >= 15 is 0 Å². The van der Waals surface area contributed by atoms with Crippen molar-refractivity contribution in [2.75, 3.05) is 5.32 Å². The Morgan fingerprint density at radius 1 is 1.06 bits per heavy atom.